The third kappa shape index (κ3) is 10.5. The highest BCUT2D eigenvalue weighted by molar-refractivity contribution is 5.77. The van der Waals surface area contributed by atoms with Gasteiger partial charge in [-0.1, -0.05) is 27.7 Å². The van der Waals surface area contributed by atoms with Crippen molar-refractivity contribution >= 4 is 5.91 Å². The van der Waals surface area contributed by atoms with Crippen LogP contribution in [0.4, 0.5) is 0 Å². The van der Waals surface area contributed by atoms with Gasteiger partial charge in [0.05, 0.1) is 18.8 Å². The first-order valence-electron chi connectivity index (χ1n) is 10.7. The summed E-state index contributed by atoms with van der Waals surface area (Å²) in [6.07, 6.45) is 1.43. The molecule has 0 saturated carbocycles. The number of ether oxygens (including phenoxy) is 2. The fourth-order valence-corrected chi connectivity index (χ4v) is 3.62. The average molecular weight is 387 g/mol. The molecule has 1 heterocycles. The first kappa shape index (κ1) is 26.4. The molecule has 1 saturated heterocycles. The molecule has 162 valence electrons. The van der Waals surface area contributed by atoms with Crippen LogP contribution in [0.5, 0.6) is 0 Å². The lowest BCUT2D eigenvalue weighted by atomic mass is 9.79. The fraction of sp³-hybridized carbons (Fsp3) is 0.955. The maximum Gasteiger partial charge on any atom is 0.248 e. The molecule has 1 fully saturated rings. The summed E-state index contributed by atoms with van der Waals surface area (Å²) in [7, 11) is 0. The van der Waals surface area contributed by atoms with E-state index in [1.54, 1.807) is 0 Å². The third-order valence-electron chi connectivity index (χ3n) is 4.75. The number of hydrogen-bond acceptors (Lipinski definition) is 4. The minimum atomic E-state index is 0.0907. The van der Waals surface area contributed by atoms with Crippen molar-refractivity contribution in [1.29, 1.82) is 0 Å². The molecule has 1 aliphatic rings. The van der Waals surface area contributed by atoms with E-state index in [1.807, 2.05) is 32.6 Å². The van der Waals surface area contributed by atoms with Crippen molar-refractivity contribution in [3.8, 4) is 0 Å². The van der Waals surface area contributed by atoms with Crippen LogP contribution in [0, 0.1) is 5.41 Å². The van der Waals surface area contributed by atoms with E-state index < -0.39 is 0 Å². The summed E-state index contributed by atoms with van der Waals surface area (Å²) in [5, 5.41) is 0. The Morgan fingerprint density at radius 3 is 1.81 bits per heavy atom. The van der Waals surface area contributed by atoms with Gasteiger partial charge in [0, 0.05) is 31.7 Å². The van der Waals surface area contributed by atoms with Gasteiger partial charge in [0.2, 0.25) is 5.91 Å². The van der Waals surface area contributed by atoms with Crippen LogP contribution in [0.3, 0.4) is 0 Å². The number of nitrogens with zero attached hydrogens (tertiary/aromatic N) is 2. The summed E-state index contributed by atoms with van der Waals surface area (Å²) in [5.74, 6) is 0.108. The maximum absolute atomic E-state index is 12.2. The van der Waals surface area contributed by atoms with Gasteiger partial charge in [0.25, 0.3) is 0 Å². The summed E-state index contributed by atoms with van der Waals surface area (Å²) >= 11 is 0. The van der Waals surface area contributed by atoms with Crippen LogP contribution in [0.2, 0.25) is 0 Å². The van der Waals surface area contributed by atoms with Crippen LogP contribution in [-0.2, 0) is 14.3 Å². The zero-order valence-electron chi connectivity index (χ0n) is 19.7. The molecular formula is C22H46N2O3. The van der Waals surface area contributed by atoms with Gasteiger partial charge in [-0.3, -0.25) is 9.69 Å². The van der Waals surface area contributed by atoms with Gasteiger partial charge < -0.3 is 14.4 Å². The zero-order chi connectivity index (χ0) is 21.3. The van der Waals surface area contributed by atoms with E-state index in [9.17, 15) is 4.79 Å². The molecule has 1 aliphatic heterocycles. The van der Waals surface area contributed by atoms with Crippen LogP contribution in [0.1, 0.15) is 75.7 Å². The number of amides is 1. The molecule has 0 aromatic rings. The molecule has 5 heteroatoms. The van der Waals surface area contributed by atoms with Crippen LogP contribution in [0.25, 0.3) is 0 Å². The van der Waals surface area contributed by atoms with Crippen molar-refractivity contribution in [3.63, 3.8) is 0 Å². The van der Waals surface area contributed by atoms with Gasteiger partial charge in [0.1, 0.15) is 6.61 Å². The summed E-state index contributed by atoms with van der Waals surface area (Å²) in [6, 6.07) is 0. The summed E-state index contributed by atoms with van der Waals surface area (Å²) < 4.78 is 11.3. The molecule has 0 bridgehead atoms. The maximum atomic E-state index is 12.2. The van der Waals surface area contributed by atoms with Gasteiger partial charge >= 0.3 is 0 Å². The van der Waals surface area contributed by atoms with Crippen LogP contribution in [-0.4, -0.2) is 72.8 Å². The SMILES string of the molecule is CC.CC(C)OCC(=O)N1CCN(C(C)(C)CC(C)(C)COC(C)C)CC1. The first-order valence-corrected chi connectivity index (χ1v) is 10.7. The summed E-state index contributed by atoms with van der Waals surface area (Å²) in [6.45, 7) is 25.6. The monoisotopic (exact) mass is 386 g/mol. The quantitative estimate of drug-likeness (QED) is 0.595. The standard InChI is InChI=1S/C20H40N2O3.C2H6/c1-16(2)24-13-18(23)21-9-11-22(12-10-21)20(7,8)14-19(5,6)15-25-17(3)4;1-2/h16-17H,9-15H2,1-8H3;1-2H3. The van der Waals surface area contributed by atoms with E-state index in [0.29, 0.717) is 0 Å². The second-order valence-electron chi connectivity index (χ2n) is 9.24. The second-order valence-corrected chi connectivity index (χ2v) is 9.24. The van der Waals surface area contributed by atoms with Gasteiger partial charge in [0.15, 0.2) is 0 Å². The molecule has 0 aliphatic carbocycles. The lowest BCUT2D eigenvalue weighted by molar-refractivity contribution is -0.140. The summed E-state index contributed by atoms with van der Waals surface area (Å²) in [5.41, 5.74) is 0.221. The molecule has 0 aromatic heterocycles. The molecule has 0 unspecified atom stereocenters. The van der Waals surface area contributed by atoms with Crippen molar-refractivity contribution in [3.05, 3.63) is 0 Å². The molecular weight excluding hydrogens is 340 g/mol. The Morgan fingerprint density at radius 2 is 1.37 bits per heavy atom. The molecule has 5 nitrogen and oxygen atoms in total. The molecule has 0 atom stereocenters. The van der Waals surface area contributed by atoms with E-state index in [-0.39, 0.29) is 35.7 Å². The Bertz CT molecular complexity index is 412. The van der Waals surface area contributed by atoms with E-state index in [4.69, 9.17) is 9.47 Å². The van der Waals surface area contributed by atoms with Crippen molar-refractivity contribution in [2.24, 2.45) is 5.41 Å². The normalized spacial score (nSPS) is 16.5. The predicted molar refractivity (Wildman–Crippen MR) is 114 cm³/mol. The Hall–Kier alpha value is -0.650. The van der Waals surface area contributed by atoms with E-state index in [0.717, 1.165) is 39.2 Å². The smallest absolute Gasteiger partial charge is 0.248 e. The first-order chi connectivity index (χ1) is 12.4. The highest BCUT2D eigenvalue weighted by atomic mass is 16.5. The fourth-order valence-electron chi connectivity index (χ4n) is 3.62. The van der Waals surface area contributed by atoms with Gasteiger partial charge in [-0.15, -0.1) is 0 Å². The van der Waals surface area contributed by atoms with E-state index >= 15 is 0 Å². The number of piperazine rings is 1. The van der Waals surface area contributed by atoms with Crippen molar-refractivity contribution < 1.29 is 14.3 Å². The lowest BCUT2D eigenvalue weighted by Gasteiger charge is -2.47. The van der Waals surface area contributed by atoms with Crippen LogP contribution < -0.4 is 0 Å². The van der Waals surface area contributed by atoms with Crippen molar-refractivity contribution in [2.75, 3.05) is 39.4 Å². The lowest BCUT2D eigenvalue weighted by Crippen LogP contribution is -2.57. The molecule has 1 rings (SSSR count). The number of carbonyl (C=O) groups excluding carboxylic acids is 1. The molecule has 1 amide bonds. The highest BCUT2D eigenvalue weighted by Gasteiger charge is 2.36. The number of hydrogen-bond donors (Lipinski definition) is 0. The zero-order valence-corrected chi connectivity index (χ0v) is 19.7. The topological polar surface area (TPSA) is 42.0 Å². The molecule has 0 spiro atoms. The third-order valence-corrected chi connectivity index (χ3v) is 4.75. The molecule has 0 aromatic carbocycles. The van der Waals surface area contributed by atoms with Crippen LogP contribution in [0.15, 0.2) is 0 Å². The van der Waals surface area contributed by atoms with E-state index in [2.05, 4.69) is 46.4 Å². The Balaban J connectivity index is 0.00000326. The van der Waals surface area contributed by atoms with Gasteiger partial charge in [-0.05, 0) is 53.4 Å². The molecule has 27 heavy (non-hydrogen) atoms. The van der Waals surface area contributed by atoms with Gasteiger partial charge in [-0.2, -0.15) is 0 Å². The van der Waals surface area contributed by atoms with Crippen molar-refractivity contribution in [2.45, 2.75) is 93.4 Å². The highest BCUT2D eigenvalue weighted by Crippen LogP contribution is 2.33. The predicted octanol–water partition coefficient (Wildman–Crippen LogP) is 4.20. The molecule has 0 N–H and O–H groups in total. The Kier molecular flexibility index (Phi) is 11.7. The average Bonchev–Trinajstić information content (AvgIpc) is 2.59. The number of rotatable bonds is 9. The minimum Gasteiger partial charge on any atom is -0.378 e. The second kappa shape index (κ2) is 12.0. The molecule has 0 radical (unpaired) electrons. The minimum absolute atomic E-state index is 0.0907. The van der Waals surface area contributed by atoms with Crippen LogP contribution >= 0.6 is 0 Å². The number of carbonyl (C=O) groups is 1. The van der Waals surface area contributed by atoms with Crippen molar-refractivity contribution in [1.82, 2.24) is 9.80 Å². The Labute approximate surface area is 168 Å². The Morgan fingerprint density at radius 1 is 0.889 bits per heavy atom. The van der Waals surface area contributed by atoms with Gasteiger partial charge in [-0.25, -0.2) is 0 Å². The summed E-state index contributed by atoms with van der Waals surface area (Å²) in [4.78, 5) is 16.6. The van der Waals surface area contributed by atoms with E-state index in [1.165, 1.54) is 0 Å². The largest absolute Gasteiger partial charge is 0.378 e.